The van der Waals surface area contributed by atoms with E-state index < -0.39 is 10.0 Å². The molecule has 6 nitrogen and oxygen atoms in total. The standard InChI is InChI=1S/C19H24N2O4S/c1-5-25-16-9-11-17(12-10-16)26(23,24)21(4)13-18(22)20-19-14(2)7-6-8-15(19)3/h6-12H,5,13H2,1-4H3,(H,20,22). The lowest BCUT2D eigenvalue weighted by molar-refractivity contribution is -0.116. The molecule has 0 fully saturated rings. The van der Waals surface area contributed by atoms with Crippen molar-refractivity contribution in [1.29, 1.82) is 0 Å². The number of rotatable bonds is 7. The van der Waals surface area contributed by atoms with Crippen LogP contribution in [0.3, 0.4) is 0 Å². The van der Waals surface area contributed by atoms with Gasteiger partial charge in [-0.3, -0.25) is 4.79 Å². The van der Waals surface area contributed by atoms with Crippen molar-refractivity contribution >= 4 is 21.6 Å². The Balaban J connectivity index is 2.09. The molecule has 1 N–H and O–H groups in total. The van der Waals surface area contributed by atoms with Crippen molar-refractivity contribution in [3.63, 3.8) is 0 Å². The Labute approximate surface area is 154 Å². The molecule has 0 unspecified atom stereocenters. The van der Waals surface area contributed by atoms with Crippen LogP contribution in [0.2, 0.25) is 0 Å². The van der Waals surface area contributed by atoms with Gasteiger partial charge in [-0.15, -0.1) is 0 Å². The number of sulfonamides is 1. The number of benzene rings is 2. The number of ether oxygens (including phenoxy) is 1. The maximum atomic E-state index is 12.6. The van der Waals surface area contributed by atoms with E-state index in [1.165, 1.54) is 19.2 Å². The van der Waals surface area contributed by atoms with Crippen LogP contribution in [0.4, 0.5) is 5.69 Å². The fraction of sp³-hybridized carbons (Fsp3) is 0.316. The molecule has 0 spiro atoms. The number of anilines is 1. The molecule has 7 heteroatoms. The predicted octanol–water partition coefficient (Wildman–Crippen LogP) is 2.96. The molecule has 0 atom stereocenters. The van der Waals surface area contributed by atoms with Gasteiger partial charge in [-0.25, -0.2) is 8.42 Å². The first-order chi connectivity index (χ1) is 12.3. The van der Waals surface area contributed by atoms with Gasteiger partial charge in [0.1, 0.15) is 5.75 Å². The molecule has 0 heterocycles. The van der Waals surface area contributed by atoms with E-state index in [1.807, 2.05) is 39.0 Å². The Bertz CT molecular complexity index is 857. The summed E-state index contributed by atoms with van der Waals surface area (Å²) in [5, 5.41) is 2.79. The summed E-state index contributed by atoms with van der Waals surface area (Å²) < 4.78 is 31.6. The van der Waals surface area contributed by atoms with Crippen molar-refractivity contribution in [2.45, 2.75) is 25.7 Å². The number of nitrogens with zero attached hydrogens (tertiary/aromatic N) is 1. The molecule has 0 saturated carbocycles. The first kappa shape index (κ1) is 19.9. The Morgan fingerprint density at radius 3 is 2.19 bits per heavy atom. The molecule has 0 saturated heterocycles. The monoisotopic (exact) mass is 376 g/mol. The first-order valence-electron chi connectivity index (χ1n) is 8.31. The van der Waals surface area contributed by atoms with Gasteiger partial charge < -0.3 is 10.1 Å². The van der Waals surface area contributed by atoms with Gasteiger partial charge in [-0.2, -0.15) is 4.31 Å². The lowest BCUT2D eigenvalue weighted by Crippen LogP contribution is -2.35. The van der Waals surface area contributed by atoms with Gasteiger partial charge >= 0.3 is 0 Å². The summed E-state index contributed by atoms with van der Waals surface area (Å²) in [6.45, 7) is 5.87. The van der Waals surface area contributed by atoms with Crippen LogP contribution < -0.4 is 10.1 Å². The third kappa shape index (κ3) is 4.62. The van der Waals surface area contributed by atoms with E-state index in [9.17, 15) is 13.2 Å². The van der Waals surface area contributed by atoms with Crippen molar-refractivity contribution in [1.82, 2.24) is 4.31 Å². The molecule has 0 bridgehead atoms. The highest BCUT2D eigenvalue weighted by Crippen LogP contribution is 2.21. The van der Waals surface area contributed by atoms with Gasteiger partial charge in [0.2, 0.25) is 15.9 Å². The summed E-state index contributed by atoms with van der Waals surface area (Å²) in [7, 11) is -2.38. The van der Waals surface area contributed by atoms with Crippen molar-refractivity contribution in [2.24, 2.45) is 0 Å². The lowest BCUT2D eigenvalue weighted by Gasteiger charge is -2.18. The Hall–Kier alpha value is -2.38. The van der Waals surface area contributed by atoms with E-state index in [0.717, 1.165) is 15.4 Å². The molecule has 0 aliphatic heterocycles. The number of nitrogens with one attached hydrogen (secondary N) is 1. The van der Waals surface area contributed by atoms with Gasteiger partial charge in [0.25, 0.3) is 0 Å². The minimum absolute atomic E-state index is 0.114. The molecular formula is C19H24N2O4S. The summed E-state index contributed by atoms with van der Waals surface area (Å²) in [4.78, 5) is 12.4. The van der Waals surface area contributed by atoms with E-state index >= 15 is 0 Å². The number of carbonyl (C=O) groups is 1. The molecule has 2 aromatic rings. The van der Waals surface area contributed by atoms with Crippen LogP contribution in [0.15, 0.2) is 47.4 Å². The molecule has 26 heavy (non-hydrogen) atoms. The van der Waals surface area contributed by atoms with Crippen molar-refractivity contribution in [3.8, 4) is 5.75 Å². The first-order valence-corrected chi connectivity index (χ1v) is 9.75. The van der Waals surface area contributed by atoms with Crippen LogP contribution in [-0.4, -0.2) is 38.8 Å². The Morgan fingerprint density at radius 1 is 1.08 bits per heavy atom. The largest absolute Gasteiger partial charge is 0.494 e. The highest BCUT2D eigenvalue weighted by molar-refractivity contribution is 7.89. The third-order valence-corrected chi connectivity index (χ3v) is 5.77. The zero-order chi connectivity index (χ0) is 19.3. The minimum atomic E-state index is -3.76. The van der Waals surface area contributed by atoms with E-state index in [4.69, 9.17) is 4.74 Å². The van der Waals surface area contributed by atoms with Crippen molar-refractivity contribution in [2.75, 3.05) is 25.5 Å². The number of para-hydroxylation sites is 1. The second-order valence-corrected chi connectivity index (χ2v) is 8.03. The summed E-state index contributed by atoms with van der Waals surface area (Å²) >= 11 is 0. The number of carbonyl (C=O) groups excluding carboxylic acids is 1. The number of hydrogen-bond acceptors (Lipinski definition) is 4. The summed E-state index contributed by atoms with van der Waals surface area (Å²) in [6.07, 6.45) is 0. The van der Waals surface area contributed by atoms with Gasteiger partial charge in [-0.1, -0.05) is 18.2 Å². The van der Waals surface area contributed by atoms with E-state index in [0.29, 0.717) is 18.0 Å². The lowest BCUT2D eigenvalue weighted by atomic mass is 10.1. The van der Waals surface area contributed by atoms with Crippen molar-refractivity contribution < 1.29 is 17.9 Å². The molecule has 0 radical (unpaired) electrons. The average Bonchev–Trinajstić information content (AvgIpc) is 2.59. The van der Waals surface area contributed by atoms with Crippen LogP contribution in [0.1, 0.15) is 18.1 Å². The number of amides is 1. The minimum Gasteiger partial charge on any atom is -0.494 e. The molecule has 0 aromatic heterocycles. The van der Waals surface area contributed by atoms with Gasteiger partial charge in [0, 0.05) is 12.7 Å². The normalized spacial score (nSPS) is 11.4. The molecule has 0 aliphatic carbocycles. The second-order valence-electron chi connectivity index (χ2n) is 5.98. The summed E-state index contributed by atoms with van der Waals surface area (Å²) in [5.74, 6) is 0.210. The quantitative estimate of drug-likeness (QED) is 0.806. The number of hydrogen-bond donors (Lipinski definition) is 1. The second kappa shape index (κ2) is 8.33. The fourth-order valence-corrected chi connectivity index (χ4v) is 3.66. The van der Waals surface area contributed by atoms with Gasteiger partial charge in [0.15, 0.2) is 0 Å². The van der Waals surface area contributed by atoms with Crippen molar-refractivity contribution in [3.05, 3.63) is 53.6 Å². The van der Waals surface area contributed by atoms with E-state index in [2.05, 4.69) is 5.32 Å². The smallest absolute Gasteiger partial charge is 0.243 e. The van der Waals surface area contributed by atoms with Crippen LogP contribution in [0, 0.1) is 13.8 Å². The summed E-state index contributed by atoms with van der Waals surface area (Å²) in [6, 6.07) is 11.8. The Morgan fingerprint density at radius 2 is 1.65 bits per heavy atom. The number of likely N-dealkylation sites (N-methyl/N-ethyl adjacent to an activating group) is 1. The topological polar surface area (TPSA) is 75.7 Å². The fourth-order valence-electron chi connectivity index (χ4n) is 2.53. The highest BCUT2D eigenvalue weighted by atomic mass is 32.2. The average molecular weight is 376 g/mol. The van der Waals surface area contributed by atoms with Gasteiger partial charge in [0.05, 0.1) is 18.0 Å². The third-order valence-electron chi connectivity index (χ3n) is 3.95. The molecule has 140 valence electrons. The predicted molar refractivity (Wildman–Crippen MR) is 102 cm³/mol. The maximum Gasteiger partial charge on any atom is 0.243 e. The van der Waals surface area contributed by atoms with Gasteiger partial charge in [-0.05, 0) is 56.2 Å². The molecule has 2 rings (SSSR count). The SMILES string of the molecule is CCOc1ccc(S(=O)(=O)N(C)CC(=O)Nc2c(C)cccc2C)cc1. The zero-order valence-corrected chi connectivity index (χ0v) is 16.3. The van der Waals surface area contributed by atoms with E-state index in [1.54, 1.807) is 12.1 Å². The van der Waals surface area contributed by atoms with Crippen LogP contribution in [0.25, 0.3) is 0 Å². The van der Waals surface area contributed by atoms with Crippen LogP contribution in [-0.2, 0) is 14.8 Å². The van der Waals surface area contributed by atoms with Crippen LogP contribution in [0.5, 0.6) is 5.75 Å². The number of aryl methyl sites for hydroxylation is 2. The van der Waals surface area contributed by atoms with Crippen LogP contribution >= 0.6 is 0 Å². The zero-order valence-electron chi connectivity index (χ0n) is 15.4. The summed E-state index contributed by atoms with van der Waals surface area (Å²) in [5.41, 5.74) is 2.56. The molecular weight excluding hydrogens is 352 g/mol. The Kier molecular flexibility index (Phi) is 6.39. The maximum absolute atomic E-state index is 12.6. The van der Waals surface area contributed by atoms with E-state index in [-0.39, 0.29) is 17.3 Å². The molecule has 2 aromatic carbocycles. The highest BCUT2D eigenvalue weighted by Gasteiger charge is 2.23. The molecule has 1 amide bonds. The molecule has 0 aliphatic rings.